The van der Waals surface area contributed by atoms with Crippen molar-refractivity contribution < 1.29 is 14.3 Å². The molecular weight excluding hydrogens is 422 g/mol. The van der Waals surface area contributed by atoms with Gasteiger partial charge in [0.25, 0.3) is 5.91 Å². The van der Waals surface area contributed by atoms with E-state index in [9.17, 15) is 9.59 Å². The number of carbonyl (C=O) groups excluding carboxylic acids is 2. The van der Waals surface area contributed by atoms with Crippen LogP contribution >= 0.6 is 0 Å². The summed E-state index contributed by atoms with van der Waals surface area (Å²) in [5, 5.41) is 2.90. The summed E-state index contributed by atoms with van der Waals surface area (Å²) in [5.41, 5.74) is 6.40. The molecule has 0 aromatic heterocycles. The number of benzene rings is 4. The van der Waals surface area contributed by atoms with Crippen molar-refractivity contribution in [3.8, 4) is 11.1 Å². The van der Waals surface area contributed by atoms with E-state index in [-0.39, 0.29) is 12.3 Å². The third kappa shape index (κ3) is 5.99. The van der Waals surface area contributed by atoms with Crippen LogP contribution in [0.15, 0.2) is 103 Å². The molecule has 1 amide bonds. The second kappa shape index (κ2) is 10.6. The summed E-state index contributed by atoms with van der Waals surface area (Å²) in [4.78, 5) is 26.0. The summed E-state index contributed by atoms with van der Waals surface area (Å²) < 4.78 is 5.70. The molecule has 4 nitrogen and oxygen atoms in total. The monoisotopic (exact) mass is 449 g/mol. The van der Waals surface area contributed by atoms with Crippen LogP contribution in [0.2, 0.25) is 0 Å². The van der Waals surface area contributed by atoms with Gasteiger partial charge in [0.2, 0.25) is 6.10 Å². The first-order valence-corrected chi connectivity index (χ1v) is 11.3. The van der Waals surface area contributed by atoms with Crippen molar-refractivity contribution in [3.05, 3.63) is 125 Å². The van der Waals surface area contributed by atoms with E-state index in [2.05, 4.69) is 5.32 Å². The molecular formula is C30H27NO3. The smallest absolute Gasteiger partial charge is 0.311 e. The molecule has 4 heteroatoms. The van der Waals surface area contributed by atoms with Crippen molar-refractivity contribution in [2.75, 3.05) is 5.32 Å². The topological polar surface area (TPSA) is 55.4 Å². The predicted octanol–water partition coefficient (Wildman–Crippen LogP) is 6.44. The van der Waals surface area contributed by atoms with Gasteiger partial charge in [0.1, 0.15) is 0 Å². The molecule has 0 saturated heterocycles. The summed E-state index contributed by atoms with van der Waals surface area (Å²) in [6.07, 6.45) is -0.965. The van der Waals surface area contributed by atoms with Gasteiger partial charge in [-0.25, -0.2) is 0 Å². The standard InChI is InChI=1S/C30H27NO3/c1-21-17-22(2)19-27(18-21)31-30(33)29(26-11-7-4-8-12-26)34-28(32)20-23-13-15-25(16-14-23)24-9-5-3-6-10-24/h3-19,29H,20H2,1-2H3,(H,31,33)/t29-/m1/s1. The van der Waals surface area contributed by atoms with E-state index in [1.165, 1.54) is 0 Å². The summed E-state index contributed by atoms with van der Waals surface area (Å²) in [7, 11) is 0. The van der Waals surface area contributed by atoms with Crippen molar-refractivity contribution in [1.29, 1.82) is 0 Å². The summed E-state index contributed by atoms with van der Waals surface area (Å²) >= 11 is 0. The van der Waals surface area contributed by atoms with E-state index < -0.39 is 12.1 Å². The second-order valence-corrected chi connectivity index (χ2v) is 8.39. The van der Waals surface area contributed by atoms with E-state index >= 15 is 0 Å². The molecule has 0 radical (unpaired) electrons. The molecule has 0 fully saturated rings. The van der Waals surface area contributed by atoms with E-state index in [0.29, 0.717) is 11.3 Å². The minimum absolute atomic E-state index is 0.0786. The number of aryl methyl sites for hydroxylation is 2. The fourth-order valence-corrected chi connectivity index (χ4v) is 3.94. The Bertz CT molecular complexity index is 1250. The average Bonchev–Trinajstić information content (AvgIpc) is 2.83. The molecule has 0 spiro atoms. The molecule has 4 rings (SSSR count). The minimum Gasteiger partial charge on any atom is -0.447 e. The van der Waals surface area contributed by atoms with E-state index in [0.717, 1.165) is 27.8 Å². The maximum absolute atomic E-state index is 13.1. The molecule has 0 aliphatic rings. The molecule has 1 atom stereocenters. The number of hydrogen-bond donors (Lipinski definition) is 1. The van der Waals surface area contributed by atoms with Gasteiger partial charge in [0, 0.05) is 11.3 Å². The van der Waals surface area contributed by atoms with Gasteiger partial charge >= 0.3 is 5.97 Å². The van der Waals surface area contributed by atoms with Gasteiger partial charge in [-0.2, -0.15) is 0 Å². The number of anilines is 1. The second-order valence-electron chi connectivity index (χ2n) is 8.39. The van der Waals surface area contributed by atoms with Gasteiger partial charge in [-0.05, 0) is 53.8 Å². The fraction of sp³-hybridized carbons (Fsp3) is 0.133. The molecule has 0 unspecified atom stereocenters. The highest BCUT2D eigenvalue weighted by Crippen LogP contribution is 2.23. The average molecular weight is 450 g/mol. The third-order valence-corrected chi connectivity index (χ3v) is 5.49. The molecule has 170 valence electrons. The van der Waals surface area contributed by atoms with Crippen LogP contribution in [0.1, 0.15) is 28.4 Å². The number of carbonyl (C=O) groups is 2. The number of rotatable bonds is 7. The molecule has 0 saturated carbocycles. The number of esters is 1. The van der Waals surface area contributed by atoms with E-state index in [1.807, 2.05) is 105 Å². The van der Waals surface area contributed by atoms with Gasteiger partial charge < -0.3 is 10.1 Å². The Morgan fingerprint density at radius 2 is 1.29 bits per heavy atom. The van der Waals surface area contributed by atoms with E-state index in [4.69, 9.17) is 4.74 Å². The highest BCUT2D eigenvalue weighted by molar-refractivity contribution is 5.96. The summed E-state index contributed by atoms with van der Waals surface area (Å²) in [6, 6.07) is 32.7. The third-order valence-electron chi connectivity index (χ3n) is 5.49. The van der Waals surface area contributed by atoms with Crippen molar-refractivity contribution >= 4 is 17.6 Å². The molecule has 0 bridgehead atoms. The zero-order valence-corrected chi connectivity index (χ0v) is 19.3. The summed E-state index contributed by atoms with van der Waals surface area (Å²) in [5.74, 6) is -0.846. The van der Waals surface area contributed by atoms with Crippen LogP contribution in [0.5, 0.6) is 0 Å². The Balaban J connectivity index is 1.48. The van der Waals surface area contributed by atoms with Crippen LogP contribution in [-0.2, 0) is 20.7 Å². The fourth-order valence-electron chi connectivity index (χ4n) is 3.94. The number of ether oxygens (including phenoxy) is 1. The predicted molar refractivity (Wildman–Crippen MR) is 135 cm³/mol. The Kier molecular flexibility index (Phi) is 7.19. The van der Waals surface area contributed by atoms with Crippen LogP contribution in [0.4, 0.5) is 5.69 Å². The Morgan fingerprint density at radius 3 is 1.91 bits per heavy atom. The first-order valence-electron chi connectivity index (χ1n) is 11.3. The molecule has 4 aromatic carbocycles. The minimum atomic E-state index is -1.04. The Labute approximate surface area is 200 Å². The molecule has 1 N–H and O–H groups in total. The lowest BCUT2D eigenvalue weighted by atomic mass is 10.0. The normalized spacial score (nSPS) is 11.5. The van der Waals surface area contributed by atoms with Gasteiger partial charge in [-0.1, -0.05) is 91.0 Å². The van der Waals surface area contributed by atoms with Crippen molar-refractivity contribution in [1.82, 2.24) is 0 Å². The first-order chi connectivity index (χ1) is 16.5. The van der Waals surface area contributed by atoms with Gasteiger partial charge in [0.05, 0.1) is 6.42 Å². The molecule has 0 aliphatic heterocycles. The highest BCUT2D eigenvalue weighted by Gasteiger charge is 2.25. The molecule has 4 aromatic rings. The van der Waals surface area contributed by atoms with Crippen molar-refractivity contribution in [3.63, 3.8) is 0 Å². The first kappa shape index (κ1) is 23.0. The van der Waals surface area contributed by atoms with Crippen LogP contribution in [0, 0.1) is 13.8 Å². The lowest BCUT2D eigenvalue weighted by molar-refractivity contribution is -0.154. The largest absolute Gasteiger partial charge is 0.447 e. The van der Waals surface area contributed by atoms with E-state index in [1.54, 1.807) is 12.1 Å². The van der Waals surface area contributed by atoms with Crippen LogP contribution in [0.3, 0.4) is 0 Å². The highest BCUT2D eigenvalue weighted by atomic mass is 16.5. The molecule has 0 heterocycles. The lowest BCUT2D eigenvalue weighted by Gasteiger charge is -2.18. The zero-order valence-electron chi connectivity index (χ0n) is 19.3. The maximum Gasteiger partial charge on any atom is 0.311 e. The SMILES string of the molecule is Cc1cc(C)cc(NC(=O)[C@H](OC(=O)Cc2ccc(-c3ccccc3)cc2)c2ccccc2)c1. The maximum atomic E-state index is 13.1. The molecule has 34 heavy (non-hydrogen) atoms. The van der Waals surface area contributed by atoms with Gasteiger partial charge in [0.15, 0.2) is 0 Å². The van der Waals surface area contributed by atoms with Crippen LogP contribution < -0.4 is 5.32 Å². The van der Waals surface area contributed by atoms with Crippen LogP contribution in [-0.4, -0.2) is 11.9 Å². The number of nitrogens with one attached hydrogen (secondary N) is 1. The quantitative estimate of drug-likeness (QED) is 0.331. The molecule has 0 aliphatic carbocycles. The van der Waals surface area contributed by atoms with Gasteiger partial charge in [-0.15, -0.1) is 0 Å². The Morgan fingerprint density at radius 1 is 0.735 bits per heavy atom. The number of hydrogen-bond acceptors (Lipinski definition) is 3. The number of amides is 1. The zero-order chi connectivity index (χ0) is 23.9. The lowest BCUT2D eigenvalue weighted by Crippen LogP contribution is -2.26. The van der Waals surface area contributed by atoms with Crippen LogP contribution in [0.25, 0.3) is 11.1 Å². The summed E-state index contributed by atoms with van der Waals surface area (Å²) in [6.45, 7) is 3.95. The van der Waals surface area contributed by atoms with Crippen molar-refractivity contribution in [2.24, 2.45) is 0 Å². The van der Waals surface area contributed by atoms with Crippen molar-refractivity contribution in [2.45, 2.75) is 26.4 Å². The Hall–Kier alpha value is -4.18. The van der Waals surface area contributed by atoms with Gasteiger partial charge in [-0.3, -0.25) is 9.59 Å².